The highest BCUT2D eigenvalue weighted by Gasteiger charge is 2.29. The number of carbonyl (C=O) groups is 3. The molecule has 140 valence electrons. The summed E-state index contributed by atoms with van der Waals surface area (Å²) in [5, 5.41) is 11.3. The van der Waals surface area contributed by atoms with E-state index in [0.29, 0.717) is 18.1 Å². The normalized spacial score (nSPS) is 12.9. The largest absolute Gasteiger partial charge is 0.481 e. The molecule has 8 heteroatoms. The SMILES string of the molecule is CC(C)OC(CC(=O)C(C)(C)C)C(=O)NCCSSCCC(=O)O. The van der Waals surface area contributed by atoms with Crippen LogP contribution in [-0.4, -0.2) is 53.0 Å². The highest BCUT2D eigenvalue weighted by atomic mass is 33.1. The Morgan fingerprint density at radius 1 is 1.12 bits per heavy atom. The topological polar surface area (TPSA) is 92.7 Å². The van der Waals surface area contributed by atoms with Gasteiger partial charge in [-0.05, 0) is 13.8 Å². The summed E-state index contributed by atoms with van der Waals surface area (Å²) in [6, 6.07) is 0. The van der Waals surface area contributed by atoms with Crippen molar-refractivity contribution in [3.05, 3.63) is 0 Å². The molecule has 24 heavy (non-hydrogen) atoms. The van der Waals surface area contributed by atoms with Gasteiger partial charge in [-0.15, -0.1) is 0 Å². The summed E-state index contributed by atoms with van der Waals surface area (Å²) in [4.78, 5) is 34.8. The van der Waals surface area contributed by atoms with Crippen molar-refractivity contribution in [1.29, 1.82) is 0 Å². The minimum Gasteiger partial charge on any atom is -0.481 e. The number of rotatable bonds is 12. The molecule has 6 nitrogen and oxygen atoms in total. The van der Waals surface area contributed by atoms with Gasteiger partial charge in [-0.1, -0.05) is 42.4 Å². The number of aliphatic carboxylic acids is 1. The summed E-state index contributed by atoms with van der Waals surface area (Å²) in [5.74, 6) is 0.0954. The maximum atomic E-state index is 12.2. The molecule has 1 unspecified atom stereocenters. The van der Waals surface area contributed by atoms with Crippen molar-refractivity contribution >= 4 is 39.2 Å². The number of hydrogen-bond acceptors (Lipinski definition) is 6. The van der Waals surface area contributed by atoms with Crippen LogP contribution in [0.1, 0.15) is 47.5 Å². The van der Waals surface area contributed by atoms with Crippen molar-refractivity contribution in [1.82, 2.24) is 5.32 Å². The Balaban J connectivity index is 4.22. The van der Waals surface area contributed by atoms with E-state index >= 15 is 0 Å². The number of carboxylic acids is 1. The van der Waals surface area contributed by atoms with E-state index in [4.69, 9.17) is 9.84 Å². The van der Waals surface area contributed by atoms with Gasteiger partial charge in [-0.2, -0.15) is 0 Å². The Hall–Kier alpha value is -0.730. The third-order valence-electron chi connectivity index (χ3n) is 2.90. The predicted octanol–water partition coefficient (Wildman–Crippen LogP) is 2.76. The second-order valence-corrected chi connectivity index (χ2v) is 9.33. The number of amides is 1. The fourth-order valence-corrected chi connectivity index (χ4v) is 3.47. The van der Waals surface area contributed by atoms with Crippen LogP contribution in [0.2, 0.25) is 0 Å². The molecule has 0 saturated carbocycles. The number of nitrogens with one attached hydrogen (secondary N) is 1. The van der Waals surface area contributed by atoms with Gasteiger partial charge in [0.2, 0.25) is 5.91 Å². The molecule has 0 bridgehead atoms. The fraction of sp³-hybridized carbons (Fsp3) is 0.812. The van der Waals surface area contributed by atoms with Crippen LogP contribution in [0.25, 0.3) is 0 Å². The van der Waals surface area contributed by atoms with Crippen LogP contribution in [0, 0.1) is 5.41 Å². The predicted molar refractivity (Wildman–Crippen MR) is 99.3 cm³/mol. The van der Waals surface area contributed by atoms with E-state index in [0.717, 1.165) is 0 Å². The molecule has 0 aromatic rings. The minimum atomic E-state index is -0.811. The third-order valence-corrected chi connectivity index (χ3v) is 5.31. The van der Waals surface area contributed by atoms with Gasteiger partial charge in [0, 0.05) is 29.9 Å². The molecule has 0 spiro atoms. The Bertz CT molecular complexity index is 421. The lowest BCUT2D eigenvalue weighted by Crippen LogP contribution is -2.41. The lowest BCUT2D eigenvalue weighted by atomic mass is 9.87. The van der Waals surface area contributed by atoms with E-state index in [1.54, 1.807) is 0 Å². The molecule has 2 N–H and O–H groups in total. The molecule has 0 saturated heterocycles. The van der Waals surface area contributed by atoms with Gasteiger partial charge < -0.3 is 15.2 Å². The van der Waals surface area contributed by atoms with E-state index < -0.39 is 17.5 Å². The number of carbonyl (C=O) groups excluding carboxylic acids is 2. The Morgan fingerprint density at radius 3 is 2.21 bits per heavy atom. The zero-order valence-electron chi connectivity index (χ0n) is 15.1. The van der Waals surface area contributed by atoms with E-state index in [1.807, 2.05) is 34.6 Å². The zero-order valence-corrected chi connectivity index (χ0v) is 16.7. The number of Topliss-reactive ketones (excluding diaryl/α,β-unsaturated/α-hetero) is 1. The van der Waals surface area contributed by atoms with E-state index in [9.17, 15) is 14.4 Å². The number of hydrogen-bond donors (Lipinski definition) is 2. The van der Waals surface area contributed by atoms with Crippen molar-refractivity contribution in [2.75, 3.05) is 18.1 Å². The fourth-order valence-electron chi connectivity index (χ4n) is 1.58. The number of ketones is 1. The molecule has 0 heterocycles. The quantitative estimate of drug-likeness (QED) is 0.398. The highest BCUT2D eigenvalue weighted by Crippen LogP contribution is 2.21. The third kappa shape index (κ3) is 11.8. The Morgan fingerprint density at radius 2 is 1.71 bits per heavy atom. The van der Waals surface area contributed by atoms with Crippen LogP contribution < -0.4 is 5.32 Å². The van der Waals surface area contributed by atoms with E-state index in [1.165, 1.54) is 21.6 Å². The van der Waals surface area contributed by atoms with Crippen molar-refractivity contribution in [3.63, 3.8) is 0 Å². The standard InChI is InChI=1S/C16H29NO5S2/c1-11(2)22-12(10-13(18)16(3,4)5)15(21)17-7-9-24-23-8-6-14(19)20/h11-12H,6-10H2,1-5H3,(H,17,21)(H,19,20). The summed E-state index contributed by atoms with van der Waals surface area (Å²) in [5.41, 5.74) is -0.504. The lowest BCUT2D eigenvalue weighted by molar-refractivity contribution is -0.142. The first-order valence-electron chi connectivity index (χ1n) is 7.96. The summed E-state index contributed by atoms with van der Waals surface area (Å²) >= 11 is 0. The monoisotopic (exact) mass is 379 g/mol. The minimum absolute atomic E-state index is 0.0121. The van der Waals surface area contributed by atoms with Crippen LogP contribution >= 0.6 is 21.6 Å². The summed E-state index contributed by atoms with van der Waals surface area (Å²) in [7, 11) is 2.98. The lowest BCUT2D eigenvalue weighted by Gasteiger charge is -2.23. The highest BCUT2D eigenvalue weighted by molar-refractivity contribution is 8.76. The van der Waals surface area contributed by atoms with Crippen LogP contribution in [0.3, 0.4) is 0 Å². The maximum absolute atomic E-state index is 12.2. The van der Waals surface area contributed by atoms with Gasteiger partial charge >= 0.3 is 5.97 Å². The summed E-state index contributed by atoms with van der Waals surface area (Å²) in [6.45, 7) is 9.58. The van der Waals surface area contributed by atoms with Gasteiger partial charge in [0.05, 0.1) is 12.5 Å². The molecule has 0 fully saturated rings. The molecule has 1 amide bonds. The number of carboxylic acid groups (broad SMARTS) is 1. The number of ether oxygens (including phenoxy) is 1. The van der Waals surface area contributed by atoms with Crippen molar-refractivity contribution in [2.24, 2.45) is 5.41 Å². The average Bonchev–Trinajstić information content (AvgIpc) is 2.43. The van der Waals surface area contributed by atoms with Crippen LogP contribution in [0.4, 0.5) is 0 Å². The van der Waals surface area contributed by atoms with Crippen LogP contribution in [-0.2, 0) is 19.1 Å². The van der Waals surface area contributed by atoms with Gasteiger partial charge in [0.1, 0.15) is 11.9 Å². The first kappa shape index (κ1) is 23.3. The van der Waals surface area contributed by atoms with Gasteiger partial charge in [-0.25, -0.2) is 0 Å². The molecule has 0 rings (SSSR count). The van der Waals surface area contributed by atoms with Gasteiger partial charge in [-0.3, -0.25) is 14.4 Å². The first-order chi connectivity index (χ1) is 11.0. The zero-order chi connectivity index (χ0) is 18.8. The molecular formula is C16H29NO5S2. The molecule has 0 aliphatic heterocycles. The van der Waals surface area contributed by atoms with Crippen molar-refractivity contribution < 1.29 is 24.2 Å². The molecular weight excluding hydrogens is 350 g/mol. The van der Waals surface area contributed by atoms with Crippen molar-refractivity contribution in [3.8, 4) is 0 Å². The second-order valence-electron chi connectivity index (χ2n) is 6.63. The first-order valence-corrected chi connectivity index (χ1v) is 10.5. The molecule has 1 atom stereocenters. The maximum Gasteiger partial charge on any atom is 0.304 e. The van der Waals surface area contributed by atoms with E-state index in [2.05, 4.69) is 5.32 Å². The van der Waals surface area contributed by atoms with Gasteiger partial charge in [0.15, 0.2) is 0 Å². The Kier molecular flexibility index (Phi) is 11.4. The molecule has 0 aliphatic rings. The molecule has 0 radical (unpaired) electrons. The summed E-state index contributed by atoms with van der Waals surface area (Å²) < 4.78 is 5.59. The van der Waals surface area contributed by atoms with E-state index in [-0.39, 0.29) is 30.6 Å². The second kappa shape index (κ2) is 11.8. The molecule has 0 aliphatic carbocycles. The van der Waals surface area contributed by atoms with Crippen LogP contribution in [0.5, 0.6) is 0 Å². The average molecular weight is 380 g/mol. The Labute approximate surface area is 152 Å². The van der Waals surface area contributed by atoms with Crippen LogP contribution in [0.15, 0.2) is 0 Å². The van der Waals surface area contributed by atoms with Gasteiger partial charge in [0.25, 0.3) is 0 Å². The molecule has 0 aromatic carbocycles. The molecule has 0 aromatic heterocycles. The smallest absolute Gasteiger partial charge is 0.304 e. The summed E-state index contributed by atoms with van der Waals surface area (Å²) in [6.07, 6.45) is -0.729. The van der Waals surface area contributed by atoms with Crippen molar-refractivity contribution in [2.45, 2.75) is 59.7 Å².